The van der Waals surface area contributed by atoms with Gasteiger partial charge in [0.15, 0.2) is 0 Å². The normalized spacial score (nSPS) is 10.5. The number of nitrogens with one attached hydrogen (secondary N) is 2. The van der Waals surface area contributed by atoms with Gasteiger partial charge in [-0.3, -0.25) is 11.5 Å². The highest BCUT2D eigenvalue weighted by Gasteiger charge is 1.98. The number of H-pyrrole nitrogens is 2. The van der Waals surface area contributed by atoms with Crippen molar-refractivity contribution in [2.75, 3.05) is 11.5 Å². The van der Waals surface area contributed by atoms with Crippen LogP contribution >= 0.6 is 0 Å². The third-order valence-corrected chi connectivity index (χ3v) is 6.25. The van der Waals surface area contributed by atoms with Crippen LogP contribution in [0.4, 0.5) is 11.6 Å². The van der Waals surface area contributed by atoms with Crippen LogP contribution in [0, 0.1) is 27.7 Å². The Balaban J connectivity index is 0.000000256. The minimum absolute atomic E-state index is 0.178. The number of anilines is 2. The highest BCUT2D eigenvalue weighted by molar-refractivity contribution is 7.86. The van der Waals surface area contributed by atoms with Gasteiger partial charge in [0.05, 0.1) is 21.2 Å². The van der Waals surface area contributed by atoms with Crippen LogP contribution in [0.25, 0.3) is 0 Å². The van der Waals surface area contributed by atoms with E-state index >= 15 is 0 Å². The zero-order valence-electron chi connectivity index (χ0n) is 21.5. The van der Waals surface area contributed by atoms with Crippen LogP contribution in [0.5, 0.6) is 0 Å². The highest BCUT2D eigenvalue weighted by atomic mass is 32.2. The molecule has 4 aromatic rings. The number of nitrogen functional groups attached to an aromatic ring is 2. The van der Waals surface area contributed by atoms with E-state index in [-0.39, 0.29) is 9.79 Å². The third kappa shape index (κ3) is 13.5. The molecule has 12 heteroatoms. The van der Waals surface area contributed by atoms with Crippen molar-refractivity contribution < 1.29 is 35.9 Å². The molecule has 0 fully saturated rings. The molecule has 0 saturated heterocycles. The molecule has 6 N–H and O–H groups in total. The Morgan fingerprint density at radius 1 is 0.526 bits per heavy atom. The predicted octanol–water partition coefficient (Wildman–Crippen LogP) is 2.58. The maximum Gasteiger partial charge on any atom is 0.270 e. The van der Waals surface area contributed by atoms with E-state index in [1.807, 2.05) is 64.1 Å². The molecule has 0 aliphatic rings. The van der Waals surface area contributed by atoms with Crippen molar-refractivity contribution in [1.29, 1.82) is 0 Å². The maximum absolute atomic E-state index is 10.4. The first-order chi connectivity index (χ1) is 17.6. The van der Waals surface area contributed by atoms with Gasteiger partial charge in [0.25, 0.3) is 11.6 Å². The van der Waals surface area contributed by atoms with E-state index < -0.39 is 20.2 Å². The number of hydrogen-bond donors (Lipinski definition) is 2. The summed E-state index contributed by atoms with van der Waals surface area (Å²) in [5.41, 5.74) is 14.8. The molecular weight excluding hydrogens is 528 g/mol. The van der Waals surface area contributed by atoms with Crippen molar-refractivity contribution >= 4 is 31.9 Å². The van der Waals surface area contributed by atoms with Crippen molar-refractivity contribution in [2.45, 2.75) is 37.5 Å². The van der Waals surface area contributed by atoms with Gasteiger partial charge < -0.3 is 9.11 Å². The van der Waals surface area contributed by atoms with Crippen molar-refractivity contribution in [1.82, 2.24) is 0 Å². The Bertz CT molecular complexity index is 1360. The number of pyridine rings is 2. The van der Waals surface area contributed by atoms with Crippen LogP contribution in [-0.4, -0.2) is 25.9 Å². The van der Waals surface area contributed by atoms with Crippen molar-refractivity contribution in [2.24, 2.45) is 0 Å². The average Bonchev–Trinajstić information content (AvgIpc) is 2.79. The Kier molecular flexibility index (Phi) is 12.5. The first kappa shape index (κ1) is 32.2. The van der Waals surface area contributed by atoms with Crippen molar-refractivity contribution in [3.8, 4) is 0 Å². The molecule has 0 radical (unpaired) electrons. The van der Waals surface area contributed by atoms with Crippen LogP contribution in [-0.2, 0) is 20.2 Å². The fourth-order valence-electron chi connectivity index (χ4n) is 2.62. The summed E-state index contributed by atoms with van der Waals surface area (Å²) in [6.07, 6.45) is 0. The predicted molar refractivity (Wildman–Crippen MR) is 143 cm³/mol. The minimum Gasteiger partial charge on any atom is -0.744 e. The van der Waals surface area contributed by atoms with Gasteiger partial charge in [-0.25, -0.2) is 26.8 Å². The SMILES string of the molecule is Cc1ccc(S(=O)(=O)[O-])cc1.Cc1ccc(S(=O)(=O)[O-])cc1.Cc1cccc(N)[nH+]1.Cc1cccc(N)[nH+]1. The van der Waals surface area contributed by atoms with E-state index in [9.17, 15) is 25.9 Å². The summed E-state index contributed by atoms with van der Waals surface area (Å²) in [5, 5.41) is 0. The van der Waals surface area contributed by atoms with Gasteiger partial charge in [-0.15, -0.1) is 0 Å². The van der Waals surface area contributed by atoms with Crippen molar-refractivity contribution in [3.63, 3.8) is 0 Å². The van der Waals surface area contributed by atoms with Crippen molar-refractivity contribution in [3.05, 3.63) is 107 Å². The van der Waals surface area contributed by atoms with Gasteiger partial charge >= 0.3 is 0 Å². The smallest absolute Gasteiger partial charge is 0.270 e. The van der Waals surface area contributed by atoms with Gasteiger partial charge in [0, 0.05) is 12.1 Å². The zero-order chi connectivity index (χ0) is 28.9. The first-order valence-electron chi connectivity index (χ1n) is 11.1. The first-order valence-corrected chi connectivity index (χ1v) is 13.9. The van der Waals surface area contributed by atoms with Crippen LogP contribution in [0.15, 0.2) is 94.7 Å². The Morgan fingerprint density at radius 2 is 0.816 bits per heavy atom. The molecule has 38 heavy (non-hydrogen) atoms. The lowest BCUT2D eigenvalue weighted by molar-refractivity contribution is -0.370. The summed E-state index contributed by atoms with van der Waals surface area (Å²) in [5.74, 6) is 1.43. The molecule has 0 aliphatic heterocycles. The zero-order valence-corrected chi connectivity index (χ0v) is 23.1. The summed E-state index contributed by atoms with van der Waals surface area (Å²) >= 11 is 0. The van der Waals surface area contributed by atoms with E-state index in [0.29, 0.717) is 11.6 Å². The molecule has 0 spiro atoms. The largest absolute Gasteiger partial charge is 0.744 e. The Labute approximate surface area is 223 Å². The monoisotopic (exact) mass is 560 g/mol. The third-order valence-electron chi connectivity index (χ3n) is 4.55. The fourth-order valence-corrected chi connectivity index (χ4v) is 3.56. The second-order valence-corrected chi connectivity index (χ2v) is 10.9. The fraction of sp³-hybridized carbons (Fsp3) is 0.154. The minimum atomic E-state index is -4.27. The standard InChI is InChI=1S/2C7H8O3S.2C6H8N2/c2*1-6-2-4-7(5-3-6)11(8,9)10;2*1-5-3-2-4-6(7)8-5/h2*2-5H,1H3,(H,8,9,10);2*2-4H,1H3,(H2,7,8). The summed E-state index contributed by atoms with van der Waals surface area (Å²) in [4.78, 5) is 5.54. The van der Waals surface area contributed by atoms with E-state index in [4.69, 9.17) is 11.5 Å². The molecule has 0 bridgehead atoms. The van der Waals surface area contributed by atoms with Gasteiger partial charge in [-0.1, -0.05) is 47.5 Å². The second kappa shape index (κ2) is 14.8. The van der Waals surface area contributed by atoms with Gasteiger partial charge in [0.1, 0.15) is 20.2 Å². The molecule has 2 heterocycles. The van der Waals surface area contributed by atoms with E-state index in [1.54, 1.807) is 24.3 Å². The molecule has 0 aliphatic carbocycles. The van der Waals surface area contributed by atoms with Crippen LogP contribution in [0.1, 0.15) is 22.5 Å². The molecule has 0 amide bonds. The van der Waals surface area contributed by atoms with E-state index in [0.717, 1.165) is 22.5 Å². The lowest BCUT2D eigenvalue weighted by Crippen LogP contribution is -2.12. The Hall–Kier alpha value is -3.84. The molecule has 204 valence electrons. The quantitative estimate of drug-likeness (QED) is 0.349. The van der Waals surface area contributed by atoms with Crippen LogP contribution < -0.4 is 21.4 Å². The average molecular weight is 561 g/mol. The number of nitrogens with two attached hydrogens (primary N) is 2. The van der Waals surface area contributed by atoms with Crippen LogP contribution in [0.3, 0.4) is 0 Å². The van der Waals surface area contributed by atoms with Crippen LogP contribution in [0.2, 0.25) is 0 Å². The Morgan fingerprint density at radius 3 is 1.00 bits per heavy atom. The lowest BCUT2D eigenvalue weighted by atomic mass is 10.2. The highest BCUT2D eigenvalue weighted by Crippen LogP contribution is 2.09. The number of hydrogen-bond acceptors (Lipinski definition) is 8. The molecule has 0 atom stereocenters. The summed E-state index contributed by atoms with van der Waals surface area (Å²) in [7, 11) is -8.54. The molecule has 4 rings (SSSR count). The second-order valence-electron chi connectivity index (χ2n) is 8.11. The number of aromatic amines is 2. The molecule has 2 aromatic heterocycles. The number of aryl methyl sites for hydroxylation is 4. The summed E-state index contributed by atoms with van der Waals surface area (Å²) in [6, 6.07) is 23.0. The van der Waals surface area contributed by atoms with Gasteiger partial charge in [-0.05, 0) is 64.1 Å². The molecule has 0 saturated carbocycles. The summed E-state index contributed by atoms with van der Waals surface area (Å²) in [6.45, 7) is 7.58. The topological polar surface area (TPSA) is 195 Å². The molecule has 2 aromatic carbocycles. The molecule has 10 nitrogen and oxygen atoms in total. The number of benzene rings is 2. The number of rotatable bonds is 2. The summed E-state index contributed by atoms with van der Waals surface area (Å²) < 4.78 is 62.3. The van der Waals surface area contributed by atoms with Gasteiger partial charge in [0.2, 0.25) is 0 Å². The van der Waals surface area contributed by atoms with E-state index in [2.05, 4.69) is 9.97 Å². The van der Waals surface area contributed by atoms with E-state index in [1.165, 1.54) is 24.3 Å². The lowest BCUT2D eigenvalue weighted by Gasteiger charge is -2.05. The molecular formula is C26H32N4O6S2. The maximum atomic E-state index is 10.4. The molecule has 0 unspecified atom stereocenters. The van der Waals surface area contributed by atoms with Gasteiger partial charge in [-0.2, -0.15) is 0 Å². The number of aromatic nitrogens is 2.